The minimum atomic E-state index is 0.0873. The first kappa shape index (κ1) is 13.1. The van der Waals surface area contributed by atoms with Crippen molar-refractivity contribution in [3.8, 4) is 0 Å². The van der Waals surface area contributed by atoms with Gasteiger partial charge in [0.1, 0.15) is 0 Å². The van der Waals surface area contributed by atoms with E-state index in [1.807, 2.05) is 18.2 Å². The molecular formula is C14H17Cl2N3. The van der Waals surface area contributed by atoms with Gasteiger partial charge in [-0.1, -0.05) is 42.1 Å². The minimum absolute atomic E-state index is 0.0873. The van der Waals surface area contributed by atoms with E-state index in [2.05, 4.69) is 9.89 Å². The van der Waals surface area contributed by atoms with Crippen LogP contribution in [0.3, 0.4) is 0 Å². The van der Waals surface area contributed by atoms with Crippen molar-refractivity contribution in [2.75, 3.05) is 6.54 Å². The Balaban J connectivity index is 1.95. The highest BCUT2D eigenvalue weighted by atomic mass is 35.5. The first-order valence-electron chi connectivity index (χ1n) is 6.70. The van der Waals surface area contributed by atoms with Gasteiger partial charge >= 0.3 is 0 Å². The maximum atomic E-state index is 6.33. The van der Waals surface area contributed by atoms with Crippen molar-refractivity contribution < 1.29 is 0 Å². The minimum Gasteiger partial charge on any atom is -0.370 e. The van der Waals surface area contributed by atoms with Gasteiger partial charge in [-0.25, -0.2) is 0 Å². The molecule has 0 radical (unpaired) electrons. The fourth-order valence-corrected chi connectivity index (χ4v) is 3.84. The van der Waals surface area contributed by atoms with Gasteiger partial charge in [0.05, 0.1) is 12.6 Å². The first-order valence-corrected chi connectivity index (χ1v) is 7.46. The molecular weight excluding hydrogens is 281 g/mol. The van der Waals surface area contributed by atoms with Gasteiger partial charge < -0.3 is 10.6 Å². The molecule has 1 heterocycles. The van der Waals surface area contributed by atoms with Crippen molar-refractivity contribution in [2.24, 2.45) is 10.7 Å². The number of nitrogens with zero attached hydrogens (tertiary/aromatic N) is 2. The van der Waals surface area contributed by atoms with Gasteiger partial charge in [0, 0.05) is 21.7 Å². The normalized spacial score (nSPS) is 24.0. The van der Waals surface area contributed by atoms with Gasteiger partial charge in [-0.15, -0.1) is 0 Å². The van der Waals surface area contributed by atoms with Crippen molar-refractivity contribution in [1.82, 2.24) is 4.90 Å². The lowest BCUT2D eigenvalue weighted by Gasteiger charge is -2.33. The Labute approximate surface area is 123 Å². The van der Waals surface area contributed by atoms with Crippen LogP contribution in [0.1, 0.15) is 37.3 Å². The van der Waals surface area contributed by atoms with E-state index in [-0.39, 0.29) is 6.04 Å². The third-order valence-corrected chi connectivity index (χ3v) is 4.74. The van der Waals surface area contributed by atoms with E-state index in [9.17, 15) is 0 Å². The second kappa shape index (κ2) is 5.22. The molecule has 3 rings (SSSR count). The Morgan fingerprint density at radius 2 is 1.79 bits per heavy atom. The summed E-state index contributed by atoms with van der Waals surface area (Å²) in [5.41, 5.74) is 7.04. The molecule has 1 unspecified atom stereocenters. The Bertz CT molecular complexity index is 489. The summed E-state index contributed by atoms with van der Waals surface area (Å²) in [5, 5.41) is 1.40. The number of hydrogen-bond donors (Lipinski definition) is 1. The summed E-state index contributed by atoms with van der Waals surface area (Å²) in [5.74, 6) is 0.632. The van der Waals surface area contributed by atoms with E-state index >= 15 is 0 Å². The van der Waals surface area contributed by atoms with E-state index in [4.69, 9.17) is 28.9 Å². The second-order valence-electron chi connectivity index (χ2n) is 5.20. The second-order valence-corrected chi connectivity index (χ2v) is 6.01. The molecule has 0 amide bonds. The molecule has 2 aliphatic rings. The van der Waals surface area contributed by atoms with Crippen LogP contribution >= 0.6 is 23.2 Å². The van der Waals surface area contributed by atoms with Crippen LogP contribution in [-0.4, -0.2) is 23.4 Å². The number of benzene rings is 1. The molecule has 3 nitrogen and oxygen atoms in total. The average molecular weight is 298 g/mol. The van der Waals surface area contributed by atoms with Crippen LogP contribution in [0.2, 0.25) is 10.0 Å². The lowest BCUT2D eigenvalue weighted by molar-refractivity contribution is 0.262. The van der Waals surface area contributed by atoms with Crippen molar-refractivity contribution in [3.63, 3.8) is 0 Å². The number of aliphatic imine (C=N–C) groups is 1. The third-order valence-electron chi connectivity index (χ3n) is 4.08. The fourth-order valence-electron chi connectivity index (χ4n) is 3.19. The Kier molecular flexibility index (Phi) is 3.59. The quantitative estimate of drug-likeness (QED) is 0.906. The topological polar surface area (TPSA) is 41.6 Å². The number of guanidine groups is 1. The number of rotatable bonds is 2. The van der Waals surface area contributed by atoms with Crippen LogP contribution in [0.25, 0.3) is 0 Å². The molecule has 1 aromatic rings. The summed E-state index contributed by atoms with van der Waals surface area (Å²) >= 11 is 12.7. The average Bonchev–Trinajstić information content (AvgIpc) is 2.99. The van der Waals surface area contributed by atoms with Crippen LogP contribution in [0.15, 0.2) is 23.2 Å². The van der Waals surface area contributed by atoms with E-state index in [0.717, 1.165) is 5.56 Å². The number of nitrogens with two attached hydrogens (primary N) is 1. The zero-order chi connectivity index (χ0) is 13.4. The lowest BCUT2D eigenvalue weighted by Crippen LogP contribution is -2.42. The molecule has 1 aromatic carbocycles. The number of hydrogen-bond acceptors (Lipinski definition) is 3. The maximum Gasteiger partial charge on any atom is 0.192 e. The fraction of sp³-hybridized carbons (Fsp3) is 0.500. The highest BCUT2D eigenvalue weighted by Crippen LogP contribution is 2.39. The highest BCUT2D eigenvalue weighted by molar-refractivity contribution is 6.36. The lowest BCUT2D eigenvalue weighted by atomic mass is 10.0. The molecule has 1 aliphatic heterocycles. The maximum absolute atomic E-state index is 6.33. The van der Waals surface area contributed by atoms with E-state index in [0.29, 0.717) is 28.6 Å². The monoisotopic (exact) mass is 297 g/mol. The smallest absolute Gasteiger partial charge is 0.192 e. The van der Waals surface area contributed by atoms with Crippen LogP contribution < -0.4 is 5.73 Å². The summed E-state index contributed by atoms with van der Waals surface area (Å²) in [7, 11) is 0. The molecule has 2 N–H and O–H groups in total. The zero-order valence-electron chi connectivity index (χ0n) is 10.6. The van der Waals surface area contributed by atoms with Gasteiger partial charge in [-0.05, 0) is 25.0 Å². The van der Waals surface area contributed by atoms with E-state index in [1.54, 1.807) is 0 Å². The Morgan fingerprint density at radius 1 is 1.16 bits per heavy atom. The van der Waals surface area contributed by atoms with Crippen molar-refractivity contribution in [2.45, 2.75) is 37.8 Å². The highest BCUT2D eigenvalue weighted by Gasteiger charge is 2.36. The molecule has 102 valence electrons. The molecule has 1 aliphatic carbocycles. The largest absolute Gasteiger partial charge is 0.370 e. The van der Waals surface area contributed by atoms with Crippen LogP contribution in [0, 0.1) is 0 Å². The van der Waals surface area contributed by atoms with Gasteiger partial charge in [0.2, 0.25) is 0 Å². The zero-order valence-corrected chi connectivity index (χ0v) is 12.2. The van der Waals surface area contributed by atoms with Crippen LogP contribution in [-0.2, 0) is 0 Å². The molecule has 19 heavy (non-hydrogen) atoms. The molecule has 0 bridgehead atoms. The summed E-state index contributed by atoms with van der Waals surface area (Å²) in [6.07, 6.45) is 4.87. The molecule has 0 saturated heterocycles. The van der Waals surface area contributed by atoms with Gasteiger partial charge in [-0.2, -0.15) is 0 Å². The standard InChI is InChI=1S/C14H17Cl2N3/c15-10-6-3-7-11(16)13(10)12-8-18-14(17)19(12)9-4-1-2-5-9/h3,6-7,9,12H,1-2,4-5,8H2,(H2,17,18). The first-order chi connectivity index (χ1) is 9.18. The molecule has 0 aromatic heterocycles. The van der Waals surface area contributed by atoms with Gasteiger partial charge in [0.15, 0.2) is 5.96 Å². The molecule has 1 saturated carbocycles. The predicted octanol–water partition coefficient (Wildman–Crippen LogP) is 3.61. The molecule has 1 atom stereocenters. The van der Waals surface area contributed by atoms with Crippen molar-refractivity contribution in [1.29, 1.82) is 0 Å². The predicted molar refractivity (Wildman–Crippen MR) is 79.8 cm³/mol. The van der Waals surface area contributed by atoms with E-state index < -0.39 is 0 Å². The van der Waals surface area contributed by atoms with Crippen LogP contribution in [0.4, 0.5) is 0 Å². The Morgan fingerprint density at radius 3 is 2.42 bits per heavy atom. The SMILES string of the molecule is NC1=NCC(c2c(Cl)cccc2Cl)N1C1CCCC1. The summed E-state index contributed by atoms with van der Waals surface area (Å²) in [6, 6.07) is 6.19. The third kappa shape index (κ3) is 2.30. The van der Waals surface area contributed by atoms with Crippen molar-refractivity contribution in [3.05, 3.63) is 33.8 Å². The summed E-state index contributed by atoms with van der Waals surface area (Å²) < 4.78 is 0. The summed E-state index contributed by atoms with van der Waals surface area (Å²) in [4.78, 5) is 6.63. The van der Waals surface area contributed by atoms with Crippen LogP contribution in [0.5, 0.6) is 0 Å². The number of halogens is 2. The molecule has 0 spiro atoms. The molecule has 1 fully saturated rings. The summed E-state index contributed by atoms with van der Waals surface area (Å²) in [6.45, 7) is 0.645. The molecule has 5 heteroatoms. The van der Waals surface area contributed by atoms with Gasteiger partial charge in [0.25, 0.3) is 0 Å². The Hall–Kier alpha value is -0.930. The van der Waals surface area contributed by atoms with Crippen molar-refractivity contribution >= 4 is 29.2 Å². The van der Waals surface area contributed by atoms with Gasteiger partial charge in [-0.3, -0.25) is 4.99 Å². The van der Waals surface area contributed by atoms with E-state index in [1.165, 1.54) is 25.7 Å².